The highest BCUT2D eigenvalue weighted by molar-refractivity contribution is 5.78. The molecule has 0 saturated carbocycles. The van der Waals surface area contributed by atoms with Gasteiger partial charge in [0.15, 0.2) is 0 Å². The molecule has 5 heteroatoms. The number of nitrogens with two attached hydrogens (primary N) is 1. The molecule has 1 aromatic heterocycles. The topological polar surface area (TPSA) is 68.5 Å². The van der Waals surface area contributed by atoms with Crippen LogP contribution in [0.2, 0.25) is 0 Å². The molecule has 5 nitrogen and oxygen atoms in total. The molecule has 2 rings (SSSR count). The molecular weight excluding hydrogens is 218 g/mol. The number of nitrogen functional groups attached to an aromatic ring is 1. The van der Waals surface area contributed by atoms with Gasteiger partial charge in [-0.3, -0.25) is 9.78 Å². The maximum Gasteiger partial charge on any atom is 0.248 e. The van der Waals surface area contributed by atoms with Crippen molar-refractivity contribution in [1.29, 1.82) is 0 Å². The number of nitrogens with zero attached hydrogens (tertiary/aromatic N) is 2. The summed E-state index contributed by atoms with van der Waals surface area (Å²) in [4.78, 5) is 17.7. The molecule has 1 aliphatic rings. The second-order valence-electron chi connectivity index (χ2n) is 4.29. The molecule has 0 aliphatic carbocycles. The van der Waals surface area contributed by atoms with E-state index in [-0.39, 0.29) is 12.5 Å². The van der Waals surface area contributed by atoms with Crippen molar-refractivity contribution in [2.75, 3.05) is 25.5 Å². The fraction of sp³-hybridized carbons (Fsp3) is 0.500. The fourth-order valence-electron chi connectivity index (χ4n) is 1.85. The number of rotatable bonds is 2. The van der Waals surface area contributed by atoms with E-state index in [0.717, 1.165) is 22.5 Å². The number of hydrogen-bond donors (Lipinski definition) is 1. The van der Waals surface area contributed by atoms with Gasteiger partial charge in [-0.2, -0.15) is 0 Å². The molecule has 0 atom stereocenters. The summed E-state index contributed by atoms with van der Waals surface area (Å²) in [6.45, 7) is 5.76. The highest BCUT2D eigenvalue weighted by Gasteiger charge is 2.20. The van der Waals surface area contributed by atoms with Crippen LogP contribution in [-0.2, 0) is 16.1 Å². The molecule has 2 heterocycles. The Kier molecular flexibility index (Phi) is 3.28. The van der Waals surface area contributed by atoms with Crippen molar-refractivity contribution in [3.05, 3.63) is 23.0 Å². The average Bonchev–Trinajstić information content (AvgIpc) is 2.32. The lowest BCUT2D eigenvalue weighted by atomic mass is 10.1. The SMILES string of the molecule is Cc1cnc(CN2CCOCC2=O)c(C)c1N. The Morgan fingerprint density at radius 3 is 3.00 bits per heavy atom. The van der Waals surface area contributed by atoms with Gasteiger partial charge in [0.1, 0.15) is 6.61 Å². The van der Waals surface area contributed by atoms with E-state index in [2.05, 4.69) is 4.98 Å². The lowest BCUT2D eigenvalue weighted by Gasteiger charge is -2.27. The largest absolute Gasteiger partial charge is 0.398 e. The number of morpholine rings is 1. The fourth-order valence-corrected chi connectivity index (χ4v) is 1.85. The third kappa shape index (κ3) is 2.39. The summed E-state index contributed by atoms with van der Waals surface area (Å²) in [5, 5.41) is 0. The summed E-state index contributed by atoms with van der Waals surface area (Å²) in [6, 6.07) is 0. The van der Waals surface area contributed by atoms with Crippen LogP contribution < -0.4 is 5.73 Å². The van der Waals surface area contributed by atoms with Crippen molar-refractivity contribution >= 4 is 11.6 Å². The number of hydrogen-bond acceptors (Lipinski definition) is 4. The van der Waals surface area contributed by atoms with Crippen LogP contribution in [0.1, 0.15) is 16.8 Å². The number of ether oxygens (including phenoxy) is 1. The molecule has 1 fully saturated rings. The van der Waals surface area contributed by atoms with Crippen LogP contribution in [0.25, 0.3) is 0 Å². The Morgan fingerprint density at radius 1 is 1.53 bits per heavy atom. The Balaban J connectivity index is 2.18. The summed E-state index contributed by atoms with van der Waals surface area (Å²) < 4.78 is 5.09. The van der Waals surface area contributed by atoms with Gasteiger partial charge in [-0.05, 0) is 25.0 Å². The highest BCUT2D eigenvalue weighted by Crippen LogP contribution is 2.19. The Morgan fingerprint density at radius 2 is 2.29 bits per heavy atom. The summed E-state index contributed by atoms with van der Waals surface area (Å²) in [5.41, 5.74) is 9.51. The van der Waals surface area contributed by atoms with Crippen LogP contribution in [0.4, 0.5) is 5.69 Å². The molecule has 1 amide bonds. The van der Waals surface area contributed by atoms with Crippen LogP contribution in [0.15, 0.2) is 6.20 Å². The van der Waals surface area contributed by atoms with Crippen LogP contribution in [-0.4, -0.2) is 35.5 Å². The molecule has 1 aliphatic heterocycles. The van der Waals surface area contributed by atoms with E-state index >= 15 is 0 Å². The quantitative estimate of drug-likeness (QED) is 0.816. The van der Waals surface area contributed by atoms with Crippen LogP contribution >= 0.6 is 0 Å². The third-order valence-corrected chi connectivity index (χ3v) is 3.10. The Labute approximate surface area is 101 Å². The molecule has 92 valence electrons. The number of aryl methyl sites for hydroxylation is 1. The van der Waals surface area contributed by atoms with Gasteiger partial charge in [0.05, 0.1) is 18.8 Å². The monoisotopic (exact) mass is 235 g/mol. The predicted octanol–water partition coefficient (Wildman–Crippen LogP) is 0.639. The first-order valence-electron chi connectivity index (χ1n) is 5.65. The van der Waals surface area contributed by atoms with Crippen molar-refractivity contribution in [3.63, 3.8) is 0 Å². The number of amides is 1. The van der Waals surface area contributed by atoms with Gasteiger partial charge in [0, 0.05) is 18.4 Å². The molecule has 2 N–H and O–H groups in total. The van der Waals surface area contributed by atoms with Crippen LogP contribution in [0.3, 0.4) is 0 Å². The van der Waals surface area contributed by atoms with Crippen LogP contribution in [0, 0.1) is 13.8 Å². The van der Waals surface area contributed by atoms with Gasteiger partial charge in [-0.15, -0.1) is 0 Å². The van der Waals surface area contributed by atoms with E-state index in [4.69, 9.17) is 10.5 Å². The van der Waals surface area contributed by atoms with E-state index < -0.39 is 0 Å². The minimum atomic E-state index is 0.0107. The van der Waals surface area contributed by atoms with Crippen LogP contribution in [0.5, 0.6) is 0 Å². The number of anilines is 1. The smallest absolute Gasteiger partial charge is 0.248 e. The van der Waals surface area contributed by atoms with Crippen molar-refractivity contribution in [3.8, 4) is 0 Å². The van der Waals surface area contributed by atoms with Gasteiger partial charge in [0.2, 0.25) is 5.91 Å². The molecule has 1 saturated heterocycles. The van der Waals surface area contributed by atoms with Gasteiger partial charge in [-0.25, -0.2) is 0 Å². The van der Waals surface area contributed by atoms with E-state index in [1.165, 1.54) is 0 Å². The zero-order valence-electron chi connectivity index (χ0n) is 10.2. The van der Waals surface area contributed by atoms with Gasteiger partial charge < -0.3 is 15.4 Å². The van der Waals surface area contributed by atoms with Crippen molar-refractivity contribution in [2.45, 2.75) is 20.4 Å². The minimum Gasteiger partial charge on any atom is -0.398 e. The zero-order chi connectivity index (χ0) is 12.4. The lowest BCUT2D eigenvalue weighted by Crippen LogP contribution is -2.41. The summed E-state index contributed by atoms with van der Waals surface area (Å²) in [6.07, 6.45) is 1.75. The third-order valence-electron chi connectivity index (χ3n) is 3.10. The summed E-state index contributed by atoms with van der Waals surface area (Å²) in [7, 11) is 0. The van der Waals surface area contributed by atoms with E-state index in [9.17, 15) is 4.79 Å². The second kappa shape index (κ2) is 4.71. The van der Waals surface area contributed by atoms with E-state index in [1.807, 2.05) is 13.8 Å². The maximum absolute atomic E-state index is 11.6. The molecule has 1 aromatic rings. The molecule has 0 unspecified atom stereocenters. The van der Waals surface area contributed by atoms with Gasteiger partial charge in [0.25, 0.3) is 0 Å². The lowest BCUT2D eigenvalue weighted by molar-refractivity contribution is -0.143. The summed E-state index contributed by atoms with van der Waals surface area (Å²) in [5.74, 6) is 0.0107. The van der Waals surface area contributed by atoms with Crippen molar-refractivity contribution in [1.82, 2.24) is 9.88 Å². The maximum atomic E-state index is 11.6. The van der Waals surface area contributed by atoms with Gasteiger partial charge >= 0.3 is 0 Å². The van der Waals surface area contributed by atoms with E-state index in [1.54, 1.807) is 11.1 Å². The highest BCUT2D eigenvalue weighted by atomic mass is 16.5. The first-order chi connectivity index (χ1) is 8.09. The molecular formula is C12H17N3O2. The molecule has 0 aromatic carbocycles. The minimum absolute atomic E-state index is 0.0107. The number of carbonyl (C=O) groups excluding carboxylic acids is 1. The number of pyridine rings is 1. The predicted molar refractivity (Wildman–Crippen MR) is 64.4 cm³/mol. The number of aromatic nitrogens is 1. The Hall–Kier alpha value is -1.62. The Bertz CT molecular complexity index is 446. The molecule has 0 radical (unpaired) electrons. The van der Waals surface area contributed by atoms with Crippen molar-refractivity contribution in [2.24, 2.45) is 0 Å². The zero-order valence-corrected chi connectivity index (χ0v) is 10.2. The summed E-state index contributed by atoms with van der Waals surface area (Å²) >= 11 is 0. The second-order valence-corrected chi connectivity index (χ2v) is 4.29. The van der Waals surface area contributed by atoms with Crippen molar-refractivity contribution < 1.29 is 9.53 Å². The van der Waals surface area contributed by atoms with E-state index in [0.29, 0.717) is 19.7 Å². The normalized spacial score (nSPS) is 16.4. The molecule has 17 heavy (non-hydrogen) atoms. The molecule has 0 spiro atoms. The first kappa shape index (κ1) is 11.9. The first-order valence-corrected chi connectivity index (χ1v) is 5.65. The molecule has 0 bridgehead atoms. The number of carbonyl (C=O) groups is 1. The van der Waals surface area contributed by atoms with Gasteiger partial charge in [-0.1, -0.05) is 0 Å². The average molecular weight is 235 g/mol. The standard InChI is InChI=1S/C12H17N3O2/c1-8-5-14-10(9(2)12(8)13)6-15-3-4-17-7-11(15)16/h5H,3-4,6-7H2,1-2H3,(H2,13,14).